The van der Waals surface area contributed by atoms with Crippen LogP contribution in [0.25, 0.3) is 0 Å². The maximum Gasteiger partial charge on any atom is 0.0239 e. The van der Waals surface area contributed by atoms with Crippen LogP contribution in [0, 0.1) is 13.8 Å². The van der Waals surface area contributed by atoms with Crippen LogP contribution in [0.3, 0.4) is 0 Å². The number of nitrogens with zero attached hydrogens (tertiary/aromatic N) is 1. The molecule has 1 heterocycles. The van der Waals surface area contributed by atoms with Crippen LogP contribution in [-0.4, -0.2) is 24.0 Å². The standard InChI is InChI=1S/C14H22N2.ClH/c1-11-4-3-5-12(2)14(11)10-16-8-6-13(15)7-9-16;/h3-5,13H,6-10,15H2,1-2H3;1H. The summed E-state index contributed by atoms with van der Waals surface area (Å²) in [6, 6.07) is 6.98. The minimum Gasteiger partial charge on any atom is -0.328 e. The van der Waals surface area contributed by atoms with Crippen molar-refractivity contribution < 1.29 is 0 Å². The van der Waals surface area contributed by atoms with Crippen molar-refractivity contribution in [2.75, 3.05) is 13.1 Å². The Morgan fingerprint density at radius 1 is 1.18 bits per heavy atom. The van der Waals surface area contributed by atoms with Gasteiger partial charge in [0.1, 0.15) is 0 Å². The molecule has 2 nitrogen and oxygen atoms in total. The highest BCUT2D eigenvalue weighted by molar-refractivity contribution is 5.85. The van der Waals surface area contributed by atoms with Gasteiger partial charge in [0.15, 0.2) is 0 Å². The van der Waals surface area contributed by atoms with E-state index < -0.39 is 0 Å². The minimum absolute atomic E-state index is 0. The van der Waals surface area contributed by atoms with Crippen LogP contribution in [0.15, 0.2) is 18.2 Å². The molecule has 3 heteroatoms. The maximum absolute atomic E-state index is 5.92. The van der Waals surface area contributed by atoms with E-state index in [1.807, 2.05) is 0 Å². The van der Waals surface area contributed by atoms with Gasteiger partial charge < -0.3 is 5.73 Å². The van der Waals surface area contributed by atoms with Crippen LogP contribution in [0.5, 0.6) is 0 Å². The predicted octanol–water partition coefficient (Wildman–Crippen LogP) is 2.65. The van der Waals surface area contributed by atoms with E-state index in [1.165, 1.54) is 16.7 Å². The van der Waals surface area contributed by atoms with E-state index >= 15 is 0 Å². The second-order valence-corrected chi connectivity index (χ2v) is 4.98. The first kappa shape index (κ1) is 14.5. The van der Waals surface area contributed by atoms with Crippen molar-refractivity contribution in [2.24, 2.45) is 5.73 Å². The Bertz CT molecular complexity index is 337. The van der Waals surface area contributed by atoms with E-state index in [0.717, 1.165) is 32.5 Å². The molecule has 1 aromatic carbocycles. The Labute approximate surface area is 111 Å². The molecule has 2 N–H and O–H groups in total. The molecule has 0 aliphatic carbocycles. The average molecular weight is 255 g/mol. The molecular formula is C14H23ClN2. The first-order valence-corrected chi connectivity index (χ1v) is 6.20. The molecule has 0 unspecified atom stereocenters. The molecule has 0 bridgehead atoms. The Morgan fingerprint density at radius 2 is 1.71 bits per heavy atom. The Balaban J connectivity index is 0.00000144. The van der Waals surface area contributed by atoms with Crippen LogP contribution in [-0.2, 0) is 6.54 Å². The van der Waals surface area contributed by atoms with Gasteiger partial charge in [0.05, 0.1) is 0 Å². The second-order valence-electron chi connectivity index (χ2n) is 4.98. The van der Waals surface area contributed by atoms with Gasteiger partial charge in [0, 0.05) is 12.6 Å². The quantitative estimate of drug-likeness (QED) is 0.879. The van der Waals surface area contributed by atoms with Crippen molar-refractivity contribution in [3.8, 4) is 0 Å². The van der Waals surface area contributed by atoms with Crippen molar-refractivity contribution in [2.45, 2.75) is 39.3 Å². The smallest absolute Gasteiger partial charge is 0.0239 e. The van der Waals surface area contributed by atoms with Gasteiger partial charge in [-0.1, -0.05) is 18.2 Å². The SMILES string of the molecule is Cc1cccc(C)c1CN1CCC(N)CC1.Cl. The van der Waals surface area contributed by atoms with Crippen LogP contribution in [0.4, 0.5) is 0 Å². The van der Waals surface area contributed by atoms with Crippen molar-refractivity contribution in [3.05, 3.63) is 34.9 Å². The van der Waals surface area contributed by atoms with Gasteiger partial charge >= 0.3 is 0 Å². The van der Waals surface area contributed by atoms with Crippen molar-refractivity contribution in [1.29, 1.82) is 0 Å². The summed E-state index contributed by atoms with van der Waals surface area (Å²) in [5, 5.41) is 0. The summed E-state index contributed by atoms with van der Waals surface area (Å²) in [5.41, 5.74) is 10.2. The predicted molar refractivity (Wildman–Crippen MR) is 75.7 cm³/mol. The molecule has 1 aliphatic heterocycles. The van der Waals surface area contributed by atoms with Crippen LogP contribution in [0.1, 0.15) is 29.5 Å². The highest BCUT2D eigenvalue weighted by Gasteiger charge is 2.17. The zero-order valence-electron chi connectivity index (χ0n) is 10.8. The van der Waals surface area contributed by atoms with Crippen LogP contribution < -0.4 is 5.73 Å². The molecule has 1 saturated heterocycles. The fourth-order valence-electron chi connectivity index (χ4n) is 2.43. The fourth-order valence-corrected chi connectivity index (χ4v) is 2.43. The first-order valence-electron chi connectivity index (χ1n) is 6.20. The third-order valence-corrected chi connectivity index (χ3v) is 3.66. The maximum atomic E-state index is 5.92. The molecule has 17 heavy (non-hydrogen) atoms. The van der Waals surface area contributed by atoms with Gasteiger partial charge in [-0.05, 0) is 56.5 Å². The molecular weight excluding hydrogens is 232 g/mol. The number of hydrogen-bond donors (Lipinski definition) is 1. The molecule has 1 aliphatic rings. The van der Waals surface area contributed by atoms with E-state index in [0.29, 0.717) is 6.04 Å². The zero-order valence-corrected chi connectivity index (χ0v) is 11.6. The minimum atomic E-state index is 0. The molecule has 1 aromatic rings. The number of aryl methyl sites for hydroxylation is 2. The van der Waals surface area contributed by atoms with Crippen molar-refractivity contribution >= 4 is 12.4 Å². The van der Waals surface area contributed by atoms with Crippen LogP contribution >= 0.6 is 12.4 Å². The Hall–Kier alpha value is -0.570. The fraction of sp³-hybridized carbons (Fsp3) is 0.571. The summed E-state index contributed by atoms with van der Waals surface area (Å²) in [6.07, 6.45) is 2.29. The third-order valence-electron chi connectivity index (χ3n) is 3.66. The summed E-state index contributed by atoms with van der Waals surface area (Å²) in [5.74, 6) is 0. The highest BCUT2D eigenvalue weighted by Crippen LogP contribution is 2.18. The summed E-state index contributed by atoms with van der Waals surface area (Å²) in [7, 11) is 0. The van der Waals surface area contributed by atoms with Gasteiger partial charge in [-0.2, -0.15) is 0 Å². The van der Waals surface area contributed by atoms with Crippen molar-refractivity contribution in [3.63, 3.8) is 0 Å². The topological polar surface area (TPSA) is 29.3 Å². The number of likely N-dealkylation sites (tertiary alicyclic amines) is 1. The lowest BCUT2D eigenvalue weighted by Gasteiger charge is -2.30. The zero-order chi connectivity index (χ0) is 11.5. The van der Waals surface area contributed by atoms with Gasteiger partial charge in [0.25, 0.3) is 0 Å². The molecule has 0 spiro atoms. The molecule has 0 amide bonds. The molecule has 0 saturated carbocycles. The van der Waals surface area contributed by atoms with Gasteiger partial charge in [-0.25, -0.2) is 0 Å². The highest BCUT2D eigenvalue weighted by atomic mass is 35.5. The largest absolute Gasteiger partial charge is 0.328 e. The van der Waals surface area contributed by atoms with Gasteiger partial charge in [-0.15, -0.1) is 12.4 Å². The van der Waals surface area contributed by atoms with Gasteiger partial charge in [0.2, 0.25) is 0 Å². The van der Waals surface area contributed by atoms with E-state index in [4.69, 9.17) is 5.73 Å². The van der Waals surface area contributed by atoms with E-state index in [1.54, 1.807) is 0 Å². The van der Waals surface area contributed by atoms with E-state index in [9.17, 15) is 0 Å². The van der Waals surface area contributed by atoms with E-state index in [-0.39, 0.29) is 12.4 Å². The Kier molecular flexibility index (Phi) is 5.44. The van der Waals surface area contributed by atoms with Crippen LogP contribution in [0.2, 0.25) is 0 Å². The Morgan fingerprint density at radius 3 is 2.24 bits per heavy atom. The number of nitrogens with two attached hydrogens (primary N) is 1. The lowest BCUT2D eigenvalue weighted by Crippen LogP contribution is -2.39. The second kappa shape index (κ2) is 6.39. The molecule has 0 atom stereocenters. The summed E-state index contributed by atoms with van der Waals surface area (Å²) in [4.78, 5) is 2.53. The van der Waals surface area contributed by atoms with E-state index in [2.05, 4.69) is 36.9 Å². The average Bonchev–Trinajstić information content (AvgIpc) is 2.26. The lowest BCUT2D eigenvalue weighted by atomic mass is 10.0. The third kappa shape index (κ3) is 3.70. The van der Waals surface area contributed by atoms with Crippen molar-refractivity contribution in [1.82, 2.24) is 4.90 Å². The lowest BCUT2D eigenvalue weighted by molar-refractivity contribution is 0.205. The normalized spacial score (nSPS) is 17.8. The number of rotatable bonds is 2. The molecule has 2 rings (SSSR count). The molecule has 0 aromatic heterocycles. The van der Waals surface area contributed by atoms with Gasteiger partial charge in [-0.3, -0.25) is 4.90 Å². The number of hydrogen-bond acceptors (Lipinski definition) is 2. The first-order chi connectivity index (χ1) is 7.66. The molecule has 0 radical (unpaired) electrons. The number of piperidine rings is 1. The summed E-state index contributed by atoms with van der Waals surface area (Å²) in [6.45, 7) is 7.80. The number of benzene rings is 1. The summed E-state index contributed by atoms with van der Waals surface area (Å²) < 4.78 is 0. The molecule has 1 fully saturated rings. The number of halogens is 1. The monoisotopic (exact) mass is 254 g/mol. The summed E-state index contributed by atoms with van der Waals surface area (Å²) >= 11 is 0. The molecule has 96 valence electrons.